The van der Waals surface area contributed by atoms with Crippen LogP contribution >= 0.6 is 0 Å². The maximum Gasteiger partial charge on any atom is 0.308 e. The van der Waals surface area contributed by atoms with Crippen molar-refractivity contribution in [2.24, 2.45) is 23.7 Å². The summed E-state index contributed by atoms with van der Waals surface area (Å²) in [6, 6.07) is 0. The van der Waals surface area contributed by atoms with E-state index in [9.17, 15) is 21.6 Å². The van der Waals surface area contributed by atoms with Gasteiger partial charge in [0.05, 0.1) is 24.5 Å². The van der Waals surface area contributed by atoms with Gasteiger partial charge in [0.1, 0.15) is 19.7 Å². The van der Waals surface area contributed by atoms with Crippen LogP contribution in [-0.2, 0) is 29.2 Å². The second kappa shape index (κ2) is 14.5. The first-order valence-electron chi connectivity index (χ1n) is 11.1. The van der Waals surface area contributed by atoms with Crippen molar-refractivity contribution in [3.05, 3.63) is 0 Å². The molecule has 7 nitrogen and oxygen atoms in total. The van der Waals surface area contributed by atoms with Crippen LogP contribution in [0.3, 0.4) is 0 Å². The number of carbonyl (C=O) groups is 1. The molecule has 2 saturated carbocycles. The first-order valence-corrected chi connectivity index (χ1v) is 14.8. The molecule has 0 atom stereocenters. The van der Waals surface area contributed by atoms with E-state index in [0.29, 0.717) is 17.6 Å². The lowest BCUT2D eigenvalue weighted by Crippen LogP contribution is -2.27. The molecule has 0 heterocycles. The summed E-state index contributed by atoms with van der Waals surface area (Å²) in [5.74, 6) is 1.89. The van der Waals surface area contributed by atoms with Gasteiger partial charge in [-0.2, -0.15) is 0 Å². The number of rotatable bonds is 8. The number of esters is 1. The zero-order valence-electron chi connectivity index (χ0n) is 18.7. The maximum atomic E-state index is 11.4. The fourth-order valence-corrected chi connectivity index (χ4v) is 6.84. The van der Waals surface area contributed by atoms with Crippen LogP contribution in [0.1, 0.15) is 72.6 Å². The van der Waals surface area contributed by atoms with E-state index >= 15 is 0 Å². The molecule has 0 bridgehead atoms. The van der Waals surface area contributed by atoms with Crippen LogP contribution in [0.15, 0.2) is 0 Å². The second-order valence-corrected chi connectivity index (χ2v) is 13.5. The molecule has 0 aromatic rings. The molecule has 0 amide bonds. The van der Waals surface area contributed by atoms with Gasteiger partial charge < -0.3 is 9.84 Å². The summed E-state index contributed by atoms with van der Waals surface area (Å²) in [6.45, 7) is 3.64. The third-order valence-corrected chi connectivity index (χ3v) is 10.2. The predicted octanol–water partition coefficient (Wildman–Crippen LogP) is 3.26. The van der Waals surface area contributed by atoms with Gasteiger partial charge in [-0.25, -0.2) is 16.8 Å². The largest absolute Gasteiger partial charge is 0.469 e. The fourth-order valence-electron chi connectivity index (χ4n) is 4.27. The number of hydrogen-bond donors (Lipinski definition) is 1. The Bertz CT molecular complexity index is 700. The van der Waals surface area contributed by atoms with Crippen LogP contribution < -0.4 is 0 Å². The normalized spacial score (nSPS) is 26.7. The molecule has 0 aromatic heterocycles. The van der Waals surface area contributed by atoms with Gasteiger partial charge >= 0.3 is 5.97 Å². The highest BCUT2D eigenvalue weighted by Crippen LogP contribution is 2.31. The molecule has 0 aliphatic heterocycles. The molecule has 2 aliphatic carbocycles. The van der Waals surface area contributed by atoms with E-state index in [-0.39, 0.29) is 49.1 Å². The molecule has 2 aliphatic rings. The highest BCUT2D eigenvalue weighted by Gasteiger charge is 2.29. The summed E-state index contributed by atoms with van der Waals surface area (Å²) in [6.07, 6.45) is 7.06. The topological polar surface area (TPSA) is 115 Å². The Morgan fingerprint density at radius 3 is 1.45 bits per heavy atom. The van der Waals surface area contributed by atoms with Gasteiger partial charge in [0.25, 0.3) is 0 Å². The smallest absolute Gasteiger partial charge is 0.308 e. The molecule has 0 saturated heterocycles. The fraction of sp³-hybridized carbons (Fsp3) is 0.955. The van der Waals surface area contributed by atoms with E-state index in [1.807, 2.05) is 0 Å². The van der Waals surface area contributed by atoms with Gasteiger partial charge in [-0.1, -0.05) is 21.3 Å². The van der Waals surface area contributed by atoms with E-state index < -0.39 is 19.7 Å². The summed E-state index contributed by atoms with van der Waals surface area (Å²) in [5.41, 5.74) is 0. The van der Waals surface area contributed by atoms with Crippen molar-refractivity contribution in [1.82, 2.24) is 0 Å². The number of aliphatic hydroxyl groups is 1. The molecule has 0 unspecified atom stereocenters. The number of ether oxygens (including phenoxy) is 1. The van der Waals surface area contributed by atoms with Gasteiger partial charge in [0.2, 0.25) is 0 Å². The Balaban J connectivity index is 0.000000567. The summed E-state index contributed by atoms with van der Waals surface area (Å²) < 4.78 is 50.3. The Morgan fingerprint density at radius 2 is 1.13 bits per heavy atom. The second-order valence-electron chi connectivity index (χ2n) is 8.71. The highest BCUT2D eigenvalue weighted by molar-refractivity contribution is 7.91. The van der Waals surface area contributed by atoms with Crippen molar-refractivity contribution < 1.29 is 31.5 Å². The van der Waals surface area contributed by atoms with Crippen LogP contribution in [0, 0.1) is 23.7 Å². The average molecular weight is 485 g/mol. The summed E-state index contributed by atoms with van der Waals surface area (Å²) in [5, 5.41) is 8.94. The zero-order valence-corrected chi connectivity index (χ0v) is 20.3. The molecule has 0 radical (unpaired) electrons. The SMILES string of the molecule is C.CCS(=O)(=O)CC1CCC(C(=O)OC)CC1.CCS(=O)(=O)CC1CCC(CO)CC1. The van der Waals surface area contributed by atoms with Crippen LogP contribution in [-0.4, -0.2) is 64.6 Å². The van der Waals surface area contributed by atoms with Gasteiger partial charge in [-0.3, -0.25) is 4.79 Å². The standard InChI is InChI=1S/C11H20O4S.C10H20O3S.CH4/c1-3-16(13,14)8-9-4-6-10(7-5-9)11(12)15-2;1-2-14(12,13)8-10-5-3-9(7-11)4-6-10;/h9-10H,3-8H2,1-2H3;9-11H,2-8H2,1H3;1H4. The van der Waals surface area contributed by atoms with Gasteiger partial charge in [0.15, 0.2) is 0 Å². The highest BCUT2D eigenvalue weighted by atomic mass is 32.2. The molecular formula is C22H44O7S2. The Labute approximate surface area is 190 Å². The minimum Gasteiger partial charge on any atom is -0.469 e. The number of hydrogen-bond acceptors (Lipinski definition) is 7. The summed E-state index contributed by atoms with van der Waals surface area (Å²) >= 11 is 0. The molecule has 2 rings (SSSR count). The van der Waals surface area contributed by atoms with Crippen molar-refractivity contribution in [2.75, 3.05) is 36.7 Å². The first-order chi connectivity index (χ1) is 14.1. The van der Waals surface area contributed by atoms with Gasteiger partial charge in [-0.15, -0.1) is 0 Å². The van der Waals surface area contributed by atoms with Crippen molar-refractivity contribution in [1.29, 1.82) is 0 Å². The third-order valence-electron chi connectivity index (χ3n) is 6.46. The monoisotopic (exact) mass is 484 g/mol. The minimum atomic E-state index is -2.88. The molecule has 0 spiro atoms. The Kier molecular flexibility index (Phi) is 14.2. The van der Waals surface area contributed by atoms with Crippen LogP contribution in [0.25, 0.3) is 0 Å². The molecule has 2 fully saturated rings. The van der Waals surface area contributed by atoms with E-state index in [1.54, 1.807) is 13.8 Å². The summed E-state index contributed by atoms with van der Waals surface area (Å²) in [7, 11) is -4.29. The molecule has 31 heavy (non-hydrogen) atoms. The minimum absolute atomic E-state index is 0. The van der Waals surface area contributed by atoms with Gasteiger partial charge in [-0.05, 0) is 69.1 Å². The van der Waals surface area contributed by atoms with Crippen molar-refractivity contribution in [2.45, 2.75) is 72.6 Å². The Hall–Kier alpha value is -0.670. The first kappa shape index (κ1) is 30.3. The average Bonchev–Trinajstić information content (AvgIpc) is 2.74. The molecule has 1 N–H and O–H groups in total. The number of aliphatic hydroxyl groups excluding tert-OH is 1. The predicted molar refractivity (Wildman–Crippen MR) is 125 cm³/mol. The van der Waals surface area contributed by atoms with Crippen LogP contribution in [0.4, 0.5) is 0 Å². The lowest BCUT2D eigenvalue weighted by molar-refractivity contribution is -0.146. The van der Waals surface area contributed by atoms with Crippen molar-refractivity contribution >= 4 is 25.6 Å². The van der Waals surface area contributed by atoms with E-state index in [0.717, 1.165) is 51.4 Å². The van der Waals surface area contributed by atoms with Gasteiger partial charge in [0, 0.05) is 18.1 Å². The quantitative estimate of drug-likeness (QED) is 0.526. The van der Waals surface area contributed by atoms with E-state index in [2.05, 4.69) is 4.74 Å². The maximum absolute atomic E-state index is 11.4. The van der Waals surface area contributed by atoms with Crippen LogP contribution in [0.5, 0.6) is 0 Å². The molecular weight excluding hydrogens is 440 g/mol. The van der Waals surface area contributed by atoms with Crippen LogP contribution in [0.2, 0.25) is 0 Å². The number of sulfone groups is 2. The molecule has 186 valence electrons. The Morgan fingerprint density at radius 1 is 0.774 bits per heavy atom. The molecule has 0 aromatic carbocycles. The number of methoxy groups -OCH3 is 1. The van der Waals surface area contributed by atoms with E-state index in [4.69, 9.17) is 5.11 Å². The zero-order chi connectivity index (χ0) is 22.8. The van der Waals surface area contributed by atoms with E-state index in [1.165, 1.54) is 7.11 Å². The summed E-state index contributed by atoms with van der Waals surface area (Å²) in [4.78, 5) is 11.3. The molecule has 9 heteroatoms. The number of carbonyl (C=O) groups excluding carboxylic acids is 1. The lowest BCUT2D eigenvalue weighted by Gasteiger charge is -2.26. The third kappa shape index (κ3) is 11.7. The van der Waals surface area contributed by atoms with Crippen molar-refractivity contribution in [3.8, 4) is 0 Å². The lowest BCUT2D eigenvalue weighted by atomic mass is 9.83. The van der Waals surface area contributed by atoms with Crippen molar-refractivity contribution in [3.63, 3.8) is 0 Å².